The first kappa shape index (κ1) is 29.2. The standard InChI is InChI=1S/C34H39FN4O3S/c1-23-8-13-26(41-23)20-36-31(40)29-21-37-32(43-29)38-17-14-34(15-18-38)16-19-39(28-7-5-6-27(35)30(28)42-34)22-24-9-11-25(12-10-24)33(2,3)4/h5-13,21H,14-20,22H2,1-4H3,(H,36,40). The van der Waals surface area contributed by atoms with Crippen LogP contribution in [0.1, 0.15) is 72.4 Å². The van der Waals surface area contributed by atoms with Crippen molar-refractivity contribution in [1.82, 2.24) is 10.3 Å². The van der Waals surface area contributed by atoms with Crippen LogP contribution >= 0.6 is 11.3 Å². The first-order valence-electron chi connectivity index (χ1n) is 14.9. The van der Waals surface area contributed by atoms with Crippen molar-refractivity contribution in [3.05, 3.63) is 94.1 Å². The van der Waals surface area contributed by atoms with Crippen LogP contribution in [0.2, 0.25) is 0 Å². The molecule has 0 saturated carbocycles. The zero-order valence-corrected chi connectivity index (χ0v) is 26.1. The Morgan fingerprint density at radius 1 is 1.05 bits per heavy atom. The number of nitrogens with one attached hydrogen (secondary N) is 1. The Morgan fingerprint density at radius 3 is 2.49 bits per heavy atom. The minimum Gasteiger partial charge on any atom is -0.482 e. The molecule has 6 rings (SSSR count). The van der Waals surface area contributed by atoms with E-state index < -0.39 is 5.60 Å². The summed E-state index contributed by atoms with van der Waals surface area (Å²) in [5, 5.41) is 3.72. The molecule has 1 spiro atoms. The van der Waals surface area contributed by atoms with Crippen LogP contribution in [0.15, 0.2) is 65.2 Å². The minimum atomic E-state index is -0.461. The molecule has 2 aromatic carbocycles. The maximum atomic E-state index is 15.3. The summed E-state index contributed by atoms with van der Waals surface area (Å²) in [4.78, 5) is 22.3. The summed E-state index contributed by atoms with van der Waals surface area (Å²) >= 11 is 1.39. The molecule has 0 radical (unpaired) electrons. The fourth-order valence-electron chi connectivity index (χ4n) is 5.88. The average Bonchev–Trinajstić information content (AvgIpc) is 3.62. The van der Waals surface area contributed by atoms with Gasteiger partial charge in [-0.25, -0.2) is 9.37 Å². The number of thiazole rings is 1. The Labute approximate surface area is 256 Å². The highest BCUT2D eigenvalue weighted by atomic mass is 32.1. The van der Waals surface area contributed by atoms with E-state index in [1.165, 1.54) is 28.5 Å². The second-order valence-corrected chi connectivity index (χ2v) is 13.7. The van der Waals surface area contributed by atoms with Crippen LogP contribution in [0.5, 0.6) is 5.75 Å². The van der Waals surface area contributed by atoms with E-state index in [1.54, 1.807) is 12.3 Å². The first-order chi connectivity index (χ1) is 20.6. The maximum Gasteiger partial charge on any atom is 0.263 e. The van der Waals surface area contributed by atoms with Crippen molar-refractivity contribution < 1.29 is 18.3 Å². The number of furan rings is 1. The first-order valence-corrected chi connectivity index (χ1v) is 15.8. The molecule has 4 aromatic rings. The van der Waals surface area contributed by atoms with Gasteiger partial charge in [0.2, 0.25) is 0 Å². The number of aryl methyl sites for hydroxylation is 1. The van der Waals surface area contributed by atoms with Crippen LogP contribution in [0, 0.1) is 12.7 Å². The van der Waals surface area contributed by atoms with E-state index in [1.807, 2.05) is 25.1 Å². The summed E-state index contributed by atoms with van der Waals surface area (Å²) in [7, 11) is 0. The van der Waals surface area contributed by atoms with Crippen molar-refractivity contribution in [3.63, 3.8) is 0 Å². The van der Waals surface area contributed by atoms with Crippen LogP contribution in [-0.2, 0) is 18.5 Å². The van der Waals surface area contributed by atoms with E-state index in [-0.39, 0.29) is 17.1 Å². The van der Waals surface area contributed by atoms with E-state index in [0.29, 0.717) is 23.7 Å². The predicted octanol–water partition coefficient (Wildman–Crippen LogP) is 7.24. The number of anilines is 2. The number of nitrogens with zero attached hydrogens (tertiary/aromatic N) is 3. The summed E-state index contributed by atoms with van der Waals surface area (Å²) in [5.41, 5.74) is 2.93. The summed E-state index contributed by atoms with van der Waals surface area (Å²) in [6.07, 6.45) is 3.92. The molecule has 0 atom stereocenters. The molecule has 226 valence electrons. The largest absolute Gasteiger partial charge is 0.482 e. The van der Waals surface area contributed by atoms with Crippen LogP contribution < -0.4 is 19.9 Å². The van der Waals surface area contributed by atoms with Gasteiger partial charge >= 0.3 is 0 Å². The number of fused-ring (bicyclic) bond motifs is 1. The molecule has 7 nitrogen and oxygen atoms in total. The normalized spacial score (nSPS) is 16.5. The molecule has 2 aliphatic heterocycles. The van der Waals surface area contributed by atoms with Crippen molar-refractivity contribution >= 4 is 28.1 Å². The van der Waals surface area contributed by atoms with Crippen LogP contribution in [0.3, 0.4) is 0 Å². The molecular formula is C34H39FN4O3S. The monoisotopic (exact) mass is 602 g/mol. The van der Waals surface area contributed by atoms with Gasteiger partial charge in [-0.1, -0.05) is 62.4 Å². The van der Waals surface area contributed by atoms with Crippen molar-refractivity contribution in [2.24, 2.45) is 0 Å². The lowest BCUT2D eigenvalue weighted by Crippen LogP contribution is -2.48. The van der Waals surface area contributed by atoms with Gasteiger partial charge in [-0.3, -0.25) is 4.79 Å². The van der Waals surface area contributed by atoms with Crippen LogP contribution in [0.4, 0.5) is 15.2 Å². The second-order valence-electron chi connectivity index (χ2n) is 12.7. The van der Waals surface area contributed by atoms with Gasteiger partial charge in [0.25, 0.3) is 5.91 Å². The third-order valence-corrected chi connectivity index (χ3v) is 9.57. The molecule has 2 aliphatic rings. The van der Waals surface area contributed by atoms with Crippen molar-refractivity contribution in [1.29, 1.82) is 0 Å². The lowest BCUT2D eigenvalue weighted by Gasteiger charge is -2.41. The Bertz CT molecular complexity index is 1580. The summed E-state index contributed by atoms with van der Waals surface area (Å²) in [6, 6.07) is 17.7. The summed E-state index contributed by atoms with van der Waals surface area (Å²) in [5.74, 6) is 1.39. The smallest absolute Gasteiger partial charge is 0.263 e. The fourth-order valence-corrected chi connectivity index (χ4v) is 6.76. The highest BCUT2D eigenvalue weighted by molar-refractivity contribution is 7.17. The quantitative estimate of drug-likeness (QED) is 0.251. The lowest BCUT2D eigenvalue weighted by atomic mass is 9.86. The van der Waals surface area contributed by atoms with E-state index in [4.69, 9.17) is 9.15 Å². The van der Waals surface area contributed by atoms with Gasteiger partial charge in [-0.05, 0) is 47.7 Å². The third kappa shape index (κ3) is 6.42. The van der Waals surface area contributed by atoms with E-state index in [9.17, 15) is 4.79 Å². The van der Waals surface area contributed by atoms with Crippen molar-refractivity contribution in [3.8, 4) is 5.75 Å². The van der Waals surface area contributed by atoms with Gasteiger partial charge in [-0.15, -0.1) is 0 Å². The molecule has 1 fully saturated rings. The second kappa shape index (κ2) is 11.7. The summed E-state index contributed by atoms with van der Waals surface area (Å²) in [6.45, 7) is 11.8. The number of para-hydroxylation sites is 1. The number of amides is 1. The molecule has 9 heteroatoms. The Hall–Kier alpha value is -3.85. The fraction of sp³-hybridized carbons (Fsp3) is 0.412. The summed E-state index contributed by atoms with van der Waals surface area (Å²) < 4.78 is 27.4. The Kier molecular flexibility index (Phi) is 7.94. The average molecular weight is 603 g/mol. The SMILES string of the molecule is Cc1ccc(CNC(=O)c2cnc(N3CCC4(CC3)CCN(Cc3ccc(C(C)(C)C)cc3)c3cccc(F)c3O4)s2)o1. The number of hydrogen-bond acceptors (Lipinski definition) is 7. The lowest BCUT2D eigenvalue weighted by molar-refractivity contribution is 0.0375. The molecule has 0 unspecified atom stereocenters. The van der Waals surface area contributed by atoms with Gasteiger partial charge in [0.1, 0.15) is 22.0 Å². The minimum absolute atomic E-state index is 0.0954. The Balaban J connectivity index is 1.12. The van der Waals surface area contributed by atoms with Crippen LogP contribution in [-0.4, -0.2) is 36.1 Å². The molecule has 4 heterocycles. The highest BCUT2D eigenvalue weighted by Crippen LogP contribution is 2.43. The number of halogens is 1. The number of hydrogen-bond donors (Lipinski definition) is 1. The molecule has 43 heavy (non-hydrogen) atoms. The number of aromatic nitrogens is 1. The zero-order chi connectivity index (χ0) is 30.2. The predicted molar refractivity (Wildman–Crippen MR) is 169 cm³/mol. The number of carbonyl (C=O) groups is 1. The topological polar surface area (TPSA) is 70.8 Å². The number of benzene rings is 2. The molecule has 0 aliphatic carbocycles. The van der Waals surface area contributed by atoms with Gasteiger partial charge in [0.15, 0.2) is 16.7 Å². The molecule has 1 amide bonds. The van der Waals surface area contributed by atoms with Gasteiger partial charge < -0.3 is 24.3 Å². The molecular weight excluding hydrogens is 563 g/mol. The molecule has 1 saturated heterocycles. The molecule has 2 aromatic heterocycles. The number of ether oxygens (including phenoxy) is 1. The number of piperidine rings is 1. The van der Waals surface area contributed by atoms with Gasteiger partial charge in [-0.2, -0.15) is 0 Å². The van der Waals surface area contributed by atoms with E-state index >= 15 is 4.39 Å². The van der Waals surface area contributed by atoms with Crippen molar-refractivity contribution in [2.75, 3.05) is 29.4 Å². The van der Waals surface area contributed by atoms with E-state index in [0.717, 1.165) is 61.2 Å². The van der Waals surface area contributed by atoms with E-state index in [2.05, 4.69) is 65.1 Å². The number of rotatable bonds is 6. The number of carbonyl (C=O) groups excluding carboxylic acids is 1. The third-order valence-electron chi connectivity index (χ3n) is 8.52. The highest BCUT2D eigenvalue weighted by Gasteiger charge is 2.41. The Morgan fingerprint density at radius 2 is 1.79 bits per heavy atom. The van der Waals surface area contributed by atoms with Gasteiger partial charge in [0.05, 0.1) is 18.4 Å². The maximum absolute atomic E-state index is 15.3. The molecule has 0 bridgehead atoms. The molecule has 1 N–H and O–H groups in total. The zero-order valence-electron chi connectivity index (χ0n) is 25.3. The van der Waals surface area contributed by atoms with Gasteiger partial charge in [0, 0.05) is 45.4 Å². The van der Waals surface area contributed by atoms with Crippen LogP contribution in [0.25, 0.3) is 0 Å². The van der Waals surface area contributed by atoms with Crippen molar-refractivity contribution in [2.45, 2.75) is 71.1 Å².